The van der Waals surface area contributed by atoms with Crippen molar-refractivity contribution in [3.63, 3.8) is 0 Å². The molecule has 4 rings (SSSR count). The van der Waals surface area contributed by atoms with Gasteiger partial charge in [-0.25, -0.2) is 4.39 Å². The molecule has 29 heavy (non-hydrogen) atoms. The first-order valence-corrected chi connectivity index (χ1v) is 10.7. The lowest BCUT2D eigenvalue weighted by Gasteiger charge is -2.26. The molecule has 0 radical (unpaired) electrons. The molecular weight excluding hydrogens is 373 g/mol. The summed E-state index contributed by atoms with van der Waals surface area (Å²) in [4.78, 5) is 27.4. The molecule has 2 aromatic rings. The van der Waals surface area contributed by atoms with E-state index < -0.39 is 23.0 Å². The van der Waals surface area contributed by atoms with Gasteiger partial charge in [0.1, 0.15) is 17.1 Å². The Morgan fingerprint density at radius 2 is 2.07 bits per heavy atom. The molecule has 1 amide bonds. The minimum Gasteiger partial charge on any atom is -0.506 e. The van der Waals surface area contributed by atoms with Crippen LogP contribution in [0.15, 0.2) is 16.9 Å². The second-order valence-corrected chi connectivity index (χ2v) is 8.42. The Morgan fingerprint density at radius 3 is 2.83 bits per heavy atom. The number of carbonyl (C=O) groups excluding carboxylic acids is 1. The van der Waals surface area contributed by atoms with Gasteiger partial charge in [-0.15, -0.1) is 0 Å². The molecule has 2 aliphatic heterocycles. The van der Waals surface area contributed by atoms with Gasteiger partial charge in [0.15, 0.2) is 0 Å². The van der Waals surface area contributed by atoms with Crippen molar-refractivity contribution in [3.8, 4) is 5.75 Å². The highest BCUT2D eigenvalue weighted by molar-refractivity contribution is 6.03. The molecule has 0 unspecified atom stereocenters. The lowest BCUT2D eigenvalue weighted by atomic mass is 9.95. The van der Waals surface area contributed by atoms with E-state index in [0.29, 0.717) is 30.5 Å². The Morgan fingerprint density at radius 1 is 1.31 bits per heavy atom. The van der Waals surface area contributed by atoms with E-state index in [2.05, 4.69) is 5.32 Å². The molecule has 2 aliphatic rings. The molecule has 6 nitrogen and oxygen atoms in total. The van der Waals surface area contributed by atoms with E-state index in [1.54, 1.807) is 9.47 Å². The maximum absolute atomic E-state index is 14.1. The summed E-state index contributed by atoms with van der Waals surface area (Å²) in [7, 11) is 0. The standard InChI is InChI=1S/C22H28FN3O3/c1-14-6-7-15-12-16(23)13-17-19(15)26(14)22(29)18(20(17)27)21(28)24-8-5-11-25-9-3-2-4-10-25/h12-14,27H,2-11H2,1H3,(H,24,28)/p+1/t14-/m0/s1. The molecular formula is C22H29FN3O3+. The number of aryl methyl sites for hydroxylation is 1. The molecule has 0 spiro atoms. The number of hydrogen-bond donors (Lipinski definition) is 3. The number of likely N-dealkylation sites (tertiary alicyclic amines) is 1. The zero-order valence-corrected chi connectivity index (χ0v) is 16.9. The predicted molar refractivity (Wildman–Crippen MR) is 109 cm³/mol. The number of benzene rings is 1. The van der Waals surface area contributed by atoms with Gasteiger partial charge >= 0.3 is 0 Å². The Balaban J connectivity index is 1.58. The third kappa shape index (κ3) is 3.75. The predicted octanol–water partition coefficient (Wildman–Crippen LogP) is 1.54. The lowest BCUT2D eigenvalue weighted by Crippen LogP contribution is -3.12. The molecule has 1 aromatic carbocycles. The maximum atomic E-state index is 14.1. The van der Waals surface area contributed by atoms with Gasteiger partial charge in [-0.05, 0) is 56.7 Å². The van der Waals surface area contributed by atoms with Crippen LogP contribution in [0.25, 0.3) is 10.9 Å². The first kappa shape index (κ1) is 19.9. The van der Waals surface area contributed by atoms with Gasteiger partial charge in [-0.3, -0.25) is 9.59 Å². The van der Waals surface area contributed by atoms with E-state index in [1.807, 2.05) is 6.92 Å². The van der Waals surface area contributed by atoms with Crippen molar-refractivity contribution in [2.45, 2.75) is 51.5 Å². The highest BCUT2D eigenvalue weighted by Gasteiger charge is 2.28. The zero-order chi connectivity index (χ0) is 20.5. The van der Waals surface area contributed by atoms with Crippen LogP contribution in [0.1, 0.15) is 61.0 Å². The van der Waals surface area contributed by atoms with Crippen molar-refractivity contribution in [1.29, 1.82) is 0 Å². The Labute approximate surface area is 169 Å². The van der Waals surface area contributed by atoms with E-state index in [1.165, 1.54) is 44.5 Å². The van der Waals surface area contributed by atoms with Crippen LogP contribution in [0.5, 0.6) is 5.75 Å². The van der Waals surface area contributed by atoms with Gasteiger partial charge in [0.05, 0.1) is 25.2 Å². The molecule has 3 heterocycles. The number of pyridine rings is 1. The fourth-order valence-corrected chi connectivity index (χ4v) is 4.82. The molecule has 7 heteroatoms. The number of aromatic nitrogens is 1. The van der Waals surface area contributed by atoms with E-state index in [4.69, 9.17) is 0 Å². The minimum atomic E-state index is -0.588. The molecule has 3 N–H and O–H groups in total. The van der Waals surface area contributed by atoms with Gasteiger partial charge < -0.3 is 19.9 Å². The van der Waals surface area contributed by atoms with Crippen LogP contribution in [0.4, 0.5) is 4.39 Å². The van der Waals surface area contributed by atoms with E-state index in [0.717, 1.165) is 13.0 Å². The summed E-state index contributed by atoms with van der Waals surface area (Å²) in [6, 6.07) is 2.50. The highest BCUT2D eigenvalue weighted by Crippen LogP contribution is 2.35. The normalized spacial score (nSPS) is 19.4. The van der Waals surface area contributed by atoms with Crippen LogP contribution < -0.4 is 15.8 Å². The number of quaternary nitrogens is 1. The van der Waals surface area contributed by atoms with Crippen molar-refractivity contribution >= 4 is 16.8 Å². The van der Waals surface area contributed by atoms with E-state index in [-0.39, 0.29) is 17.0 Å². The van der Waals surface area contributed by atoms with Crippen LogP contribution in [-0.2, 0) is 6.42 Å². The monoisotopic (exact) mass is 402 g/mol. The summed E-state index contributed by atoms with van der Waals surface area (Å²) in [6.07, 6.45) is 5.95. The number of aromatic hydroxyl groups is 1. The van der Waals surface area contributed by atoms with E-state index >= 15 is 0 Å². The average Bonchev–Trinajstić information content (AvgIpc) is 2.71. The van der Waals surface area contributed by atoms with Crippen molar-refractivity contribution in [2.75, 3.05) is 26.2 Å². The highest BCUT2D eigenvalue weighted by atomic mass is 19.1. The number of nitrogens with zero attached hydrogens (tertiary/aromatic N) is 1. The summed E-state index contributed by atoms with van der Waals surface area (Å²) in [5.41, 5.74) is 0.446. The lowest BCUT2D eigenvalue weighted by molar-refractivity contribution is -0.904. The number of rotatable bonds is 5. The second kappa shape index (κ2) is 8.14. The van der Waals surface area contributed by atoms with Gasteiger partial charge in [0, 0.05) is 24.4 Å². The topological polar surface area (TPSA) is 75.8 Å². The summed E-state index contributed by atoms with van der Waals surface area (Å²) in [5, 5.41) is 13.7. The summed E-state index contributed by atoms with van der Waals surface area (Å²) >= 11 is 0. The molecule has 0 saturated carbocycles. The first-order valence-electron chi connectivity index (χ1n) is 10.7. The fourth-order valence-electron chi connectivity index (χ4n) is 4.82. The Bertz CT molecular complexity index is 995. The molecule has 1 atom stereocenters. The number of hydrogen-bond acceptors (Lipinski definition) is 3. The van der Waals surface area contributed by atoms with Gasteiger partial charge in [0.2, 0.25) is 0 Å². The minimum absolute atomic E-state index is 0.113. The molecule has 156 valence electrons. The summed E-state index contributed by atoms with van der Waals surface area (Å²) in [5.74, 6) is -1.48. The number of nitrogens with one attached hydrogen (secondary N) is 2. The van der Waals surface area contributed by atoms with Gasteiger partial charge in [-0.2, -0.15) is 0 Å². The average molecular weight is 402 g/mol. The maximum Gasteiger partial charge on any atom is 0.267 e. The fraction of sp³-hybridized carbons (Fsp3) is 0.545. The number of halogens is 1. The number of amides is 1. The van der Waals surface area contributed by atoms with Crippen molar-refractivity contribution in [1.82, 2.24) is 9.88 Å². The molecule has 1 fully saturated rings. The first-order chi connectivity index (χ1) is 14.0. The molecule has 1 aromatic heterocycles. The van der Waals surface area contributed by atoms with Crippen molar-refractivity contribution in [2.24, 2.45) is 0 Å². The number of piperidine rings is 1. The van der Waals surface area contributed by atoms with Crippen molar-refractivity contribution < 1.29 is 19.2 Å². The van der Waals surface area contributed by atoms with Crippen LogP contribution in [0.3, 0.4) is 0 Å². The second-order valence-electron chi connectivity index (χ2n) is 8.42. The third-order valence-electron chi connectivity index (χ3n) is 6.37. The van der Waals surface area contributed by atoms with Gasteiger partial charge in [0.25, 0.3) is 11.5 Å². The van der Waals surface area contributed by atoms with Gasteiger partial charge in [-0.1, -0.05) is 0 Å². The Kier molecular flexibility index (Phi) is 5.58. The zero-order valence-electron chi connectivity index (χ0n) is 16.9. The smallest absolute Gasteiger partial charge is 0.267 e. The third-order valence-corrected chi connectivity index (χ3v) is 6.37. The Hall–Kier alpha value is -2.41. The van der Waals surface area contributed by atoms with Crippen LogP contribution in [0.2, 0.25) is 0 Å². The van der Waals surface area contributed by atoms with Crippen molar-refractivity contribution in [3.05, 3.63) is 39.4 Å². The molecule has 0 bridgehead atoms. The number of carbonyl (C=O) groups is 1. The summed E-state index contributed by atoms with van der Waals surface area (Å²) in [6.45, 7) is 5.70. The molecule has 1 saturated heterocycles. The van der Waals surface area contributed by atoms with Crippen LogP contribution >= 0.6 is 0 Å². The largest absolute Gasteiger partial charge is 0.506 e. The SMILES string of the molecule is C[C@H]1CCc2cc(F)cc3c(O)c(C(=O)NCCC[NH+]4CCCCC4)c(=O)n1c23. The van der Waals surface area contributed by atoms with Crippen LogP contribution in [-0.4, -0.2) is 41.8 Å². The summed E-state index contributed by atoms with van der Waals surface area (Å²) < 4.78 is 15.6. The van der Waals surface area contributed by atoms with E-state index in [9.17, 15) is 19.1 Å². The van der Waals surface area contributed by atoms with Crippen LogP contribution in [0, 0.1) is 5.82 Å². The molecule has 0 aliphatic carbocycles. The quantitative estimate of drug-likeness (QED) is 0.664.